The molecule has 7 atom stereocenters. The highest BCUT2D eigenvalue weighted by atomic mass is 28.5. The van der Waals surface area contributed by atoms with Crippen molar-refractivity contribution < 1.29 is 28.8 Å². The van der Waals surface area contributed by atoms with E-state index in [-0.39, 0.29) is 0 Å². The van der Waals surface area contributed by atoms with E-state index in [2.05, 4.69) is 96.9 Å². The summed E-state index contributed by atoms with van der Waals surface area (Å²) in [6, 6.07) is 0. The Morgan fingerprint density at radius 2 is 0.357 bits per heavy atom. The van der Waals surface area contributed by atoms with E-state index < -0.39 is 65.0 Å². The smallest absolute Gasteiger partial charge is 0.306 e. The van der Waals surface area contributed by atoms with Gasteiger partial charge in [-0.2, -0.15) is 0 Å². The largest absolute Gasteiger partial charge is 0.420 e. The van der Waals surface area contributed by atoms with Crippen LogP contribution in [0.4, 0.5) is 0 Å². The summed E-state index contributed by atoms with van der Waals surface area (Å²) < 4.78 is 50.2. The molecule has 0 aromatic carbocycles. The van der Waals surface area contributed by atoms with E-state index in [1.807, 2.05) is 0 Å². The first kappa shape index (κ1) is 41.3. The zero-order chi connectivity index (χ0) is 32.0. The fourth-order valence-electron chi connectivity index (χ4n) is 4.37. The minimum Gasteiger partial charge on any atom is -0.420 e. The Kier molecular flexibility index (Phi) is 21.5. The van der Waals surface area contributed by atoms with Crippen molar-refractivity contribution in [2.24, 2.45) is 0 Å². The van der Waals surface area contributed by atoms with E-state index in [0.29, 0.717) is 38.8 Å². The van der Waals surface area contributed by atoms with Gasteiger partial charge in [-0.15, -0.1) is 0 Å². The molecule has 1 aliphatic rings. The molecule has 7 nitrogen and oxygen atoms in total. The molecule has 1 saturated heterocycles. The summed E-state index contributed by atoms with van der Waals surface area (Å²) in [6.45, 7) is 32.0. The molecule has 0 radical (unpaired) electrons. The van der Waals surface area contributed by atoms with Crippen LogP contribution in [-0.2, 0) is 28.8 Å². The fraction of sp³-hybridized carbons (Fsp3) is 1.00. The third kappa shape index (κ3) is 13.2. The van der Waals surface area contributed by atoms with Crippen LogP contribution in [0.15, 0.2) is 0 Å². The quantitative estimate of drug-likeness (QED) is 0.176. The van der Waals surface area contributed by atoms with Crippen molar-refractivity contribution in [3.05, 3.63) is 0 Å². The van der Waals surface area contributed by atoms with Crippen molar-refractivity contribution in [3.63, 3.8) is 0 Å². The van der Waals surface area contributed by atoms with Crippen LogP contribution in [0.25, 0.3) is 0 Å². The van der Waals surface area contributed by atoms with Crippen molar-refractivity contribution in [2.75, 3.05) is 0 Å². The second-order valence-electron chi connectivity index (χ2n) is 13.2. The topological polar surface area (TPSA) is 64.6 Å². The summed E-state index contributed by atoms with van der Waals surface area (Å²) in [4.78, 5) is 0. The molecule has 0 N–H and O–H groups in total. The Labute approximate surface area is 273 Å². The molecule has 1 fully saturated rings. The number of hydrogen-bond donors (Lipinski definition) is 0. The van der Waals surface area contributed by atoms with E-state index in [1.54, 1.807) is 0 Å². The van der Waals surface area contributed by atoms with Gasteiger partial charge in [-0.1, -0.05) is 142 Å². The predicted molar refractivity (Wildman–Crippen MR) is 196 cm³/mol. The summed E-state index contributed by atoms with van der Waals surface area (Å²) >= 11 is 0. The van der Waals surface area contributed by atoms with Crippen LogP contribution >= 0.6 is 0 Å². The highest BCUT2D eigenvalue weighted by Gasteiger charge is 2.42. The first-order valence-electron chi connectivity index (χ1n) is 17.5. The van der Waals surface area contributed by atoms with Gasteiger partial charge in [0.15, 0.2) is 0 Å². The molecule has 0 amide bonds. The molecule has 1 aliphatic heterocycles. The highest BCUT2D eigenvalue weighted by molar-refractivity contribution is 6.76. The predicted octanol–water partition coefficient (Wildman–Crippen LogP) is 7.26. The van der Waals surface area contributed by atoms with Gasteiger partial charge in [-0.3, -0.25) is 0 Å². The van der Waals surface area contributed by atoms with Gasteiger partial charge in [0.25, 0.3) is 0 Å². The van der Waals surface area contributed by atoms with Gasteiger partial charge in [0, 0.05) is 0 Å². The fourth-order valence-corrected chi connectivity index (χ4v) is 35.3. The summed E-state index contributed by atoms with van der Waals surface area (Å²) in [6.07, 6.45) is 7.33. The van der Waals surface area contributed by atoms with E-state index in [0.717, 1.165) is 44.9 Å². The molecule has 7 unspecified atom stereocenters. The lowest BCUT2D eigenvalue weighted by Gasteiger charge is -2.40. The Morgan fingerprint density at radius 3 is 0.429 bits per heavy atom. The first-order chi connectivity index (χ1) is 19.9. The monoisotopic (exact) mass is 714 g/mol. The second-order valence-corrected chi connectivity index (χ2v) is 34.0. The maximum absolute atomic E-state index is 7.17. The van der Waals surface area contributed by atoms with Crippen LogP contribution < -0.4 is 0 Å². The molecule has 252 valence electrons. The molecular weight excluding hydrogens is 645 g/mol. The standard InChI is InChI=1S/C28H70O7Si7/c1-15-22(8)36-29-37(23(9)16-2)31-39(25(11)18-4)33-41(27(13)20-6)35-42(28(14)21-7)34-40(26(12)19-5)32-38(30-36)24(10)17-3/h22-28,36-42H,15-21H2,1-14H3. The third-order valence-electron chi connectivity index (χ3n) is 9.64. The van der Waals surface area contributed by atoms with Gasteiger partial charge in [-0.05, 0) is 38.8 Å². The van der Waals surface area contributed by atoms with Gasteiger partial charge in [0.2, 0.25) is 0 Å². The Morgan fingerprint density at radius 1 is 0.262 bits per heavy atom. The minimum atomic E-state index is -2.08. The molecule has 0 aliphatic carbocycles. The molecule has 42 heavy (non-hydrogen) atoms. The summed E-state index contributed by atoms with van der Waals surface area (Å²) in [5.74, 6) is 0. The maximum Gasteiger partial charge on any atom is 0.306 e. The van der Waals surface area contributed by atoms with Crippen LogP contribution in [0.2, 0.25) is 38.8 Å². The van der Waals surface area contributed by atoms with Gasteiger partial charge in [0.05, 0.1) is 0 Å². The van der Waals surface area contributed by atoms with Gasteiger partial charge in [0.1, 0.15) is 0 Å². The molecule has 1 rings (SSSR count). The van der Waals surface area contributed by atoms with Crippen LogP contribution in [0, 0.1) is 0 Å². The molecular formula is C28H70O7Si7. The zero-order valence-corrected chi connectivity index (χ0v) is 38.0. The zero-order valence-electron chi connectivity index (χ0n) is 29.9. The molecule has 0 aromatic heterocycles. The van der Waals surface area contributed by atoms with Crippen LogP contribution in [0.3, 0.4) is 0 Å². The van der Waals surface area contributed by atoms with Crippen molar-refractivity contribution >= 4 is 65.0 Å². The lowest BCUT2D eigenvalue weighted by Crippen LogP contribution is -2.52. The SMILES string of the molecule is CCC(C)[SiH]1O[SiH](C(C)CC)O[SiH](C(C)CC)O[SiH](C(C)CC)O[SiH](C(C)CC)O[SiH](C(C)CC)O[SiH](C(C)CC)O1. The third-order valence-corrected chi connectivity index (χ3v) is 34.5. The van der Waals surface area contributed by atoms with E-state index in [1.165, 1.54) is 0 Å². The lowest BCUT2D eigenvalue weighted by molar-refractivity contribution is 0.256. The first-order valence-corrected chi connectivity index (χ1v) is 28.7. The molecule has 0 aromatic rings. The van der Waals surface area contributed by atoms with Gasteiger partial charge >= 0.3 is 65.0 Å². The average molecular weight is 715 g/mol. The van der Waals surface area contributed by atoms with Crippen molar-refractivity contribution in [2.45, 2.75) is 181 Å². The molecule has 14 heteroatoms. The lowest BCUT2D eigenvalue weighted by atomic mass is 10.4. The average Bonchev–Trinajstić information content (AvgIpc) is 3.01. The Hall–Kier alpha value is 1.24. The van der Waals surface area contributed by atoms with Crippen molar-refractivity contribution in [1.82, 2.24) is 0 Å². The second kappa shape index (κ2) is 21.9. The Bertz CT molecular complexity index is 532. The van der Waals surface area contributed by atoms with Crippen LogP contribution in [0.1, 0.15) is 142 Å². The summed E-state index contributed by atoms with van der Waals surface area (Å²) in [5, 5.41) is 0. The highest BCUT2D eigenvalue weighted by Crippen LogP contribution is 2.33. The maximum atomic E-state index is 7.17. The molecule has 1 heterocycles. The number of rotatable bonds is 14. The van der Waals surface area contributed by atoms with Crippen LogP contribution in [0.5, 0.6) is 0 Å². The Balaban J connectivity index is 3.79. The molecule has 0 spiro atoms. The van der Waals surface area contributed by atoms with Crippen molar-refractivity contribution in [3.8, 4) is 0 Å². The molecule has 0 bridgehead atoms. The number of hydrogen-bond acceptors (Lipinski definition) is 7. The van der Waals surface area contributed by atoms with E-state index in [4.69, 9.17) is 28.8 Å². The molecule has 0 saturated carbocycles. The van der Waals surface area contributed by atoms with Crippen molar-refractivity contribution in [1.29, 1.82) is 0 Å². The van der Waals surface area contributed by atoms with Crippen LogP contribution in [-0.4, -0.2) is 65.0 Å². The van der Waals surface area contributed by atoms with E-state index in [9.17, 15) is 0 Å². The van der Waals surface area contributed by atoms with E-state index >= 15 is 0 Å². The normalized spacial score (nSPS) is 34.0. The summed E-state index contributed by atoms with van der Waals surface area (Å²) in [5.41, 5.74) is 2.76. The van der Waals surface area contributed by atoms with Gasteiger partial charge in [-0.25, -0.2) is 0 Å². The van der Waals surface area contributed by atoms with Gasteiger partial charge < -0.3 is 28.8 Å². The minimum absolute atomic E-state index is 0.394. The summed E-state index contributed by atoms with van der Waals surface area (Å²) in [7, 11) is -14.6.